The summed E-state index contributed by atoms with van der Waals surface area (Å²) < 4.78 is 26.8. The van der Waals surface area contributed by atoms with Gasteiger partial charge in [-0.25, -0.2) is 8.42 Å². The first-order valence-corrected chi connectivity index (χ1v) is 12.8. The Morgan fingerprint density at radius 2 is 1.79 bits per heavy atom. The number of pyridine rings is 1. The predicted octanol–water partition coefficient (Wildman–Crippen LogP) is 0.967. The molecule has 4 rings (SSSR count). The average molecular weight is 473 g/mol. The highest BCUT2D eigenvalue weighted by Gasteiger charge is 2.35. The smallest absolute Gasteiger partial charge is 0.270 e. The molecule has 9 nitrogen and oxygen atoms in total. The molecule has 0 saturated carbocycles. The van der Waals surface area contributed by atoms with Gasteiger partial charge in [-0.3, -0.25) is 14.4 Å². The molecule has 1 atom stereocenters. The van der Waals surface area contributed by atoms with Gasteiger partial charge in [-0.05, 0) is 37.5 Å². The molecule has 10 heteroatoms. The third-order valence-corrected chi connectivity index (χ3v) is 7.61. The standard InChI is InChI=1S/C23H28N4O5S/c1-16-5-7-17(8-6-16)14-24-21(28)19-9-10-20-23(30)25(12-13-26(20)22(19)29)15-18-4-3-11-27(18)33(2,31)32/h5-10,18H,3-4,11-15H2,1-2H3,(H,24,28)/t18-/m0/s1. The largest absolute Gasteiger partial charge is 0.348 e. The summed E-state index contributed by atoms with van der Waals surface area (Å²) in [6.45, 7) is 3.57. The fourth-order valence-corrected chi connectivity index (χ4v) is 5.66. The maximum atomic E-state index is 13.0. The van der Waals surface area contributed by atoms with Gasteiger partial charge in [0.2, 0.25) is 10.0 Å². The van der Waals surface area contributed by atoms with Crippen LogP contribution in [0.4, 0.5) is 0 Å². The maximum Gasteiger partial charge on any atom is 0.270 e. The van der Waals surface area contributed by atoms with Crippen LogP contribution in [-0.2, 0) is 23.1 Å². The zero-order chi connectivity index (χ0) is 23.8. The number of carbonyl (C=O) groups excluding carboxylic acids is 2. The lowest BCUT2D eigenvalue weighted by atomic mass is 10.1. The van der Waals surface area contributed by atoms with E-state index in [1.165, 1.54) is 27.3 Å². The highest BCUT2D eigenvalue weighted by molar-refractivity contribution is 7.88. The van der Waals surface area contributed by atoms with Gasteiger partial charge < -0.3 is 14.8 Å². The summed E-state index contributed by atoms with van der Waals surface area (Å²) in [5, 5.41) is 2.76. The van der Waals surface area contributed by atoms with Crippen molar-refractivity contribution in [3.8, 4) is 0 Å². The molecule has 1 aromatic heterocycles. The van der Waals surface area contributed by atoms with Crippen LogP contribution in [0.15, 0.2) is 41.2 Å². The molecule has 176 valence electrons. The molecule has 3 heterocycles. The normalized spacial score (nSPS) is 18.9. The lowest BCUT2D eigenvalue weighted by molar-refractivity contribution is 0.0668. The summed E-state index contributed by atoms with van der Waals surface area (Å²) in [5.74, 6) is -0.814. The average Bonchev–Trinajstić information content (AvgIpc) is 3.24. The second-order valence-electron chi connectivity index (χ2n) is 8.68. The quantitative estimate of drug-likeness (QED) is 0.674. The number of hydrogen-bond acceptors (Lipinski definition) is 5. The topological polar surface area (TPSA) is 109 Å². The minimum absolute atomic E-state index is 0.00819. The van der Waals surface area contributed by atoms with Crippen LogP contribution < -0.4 is 10.9 Å². The molecule has 1 N–H and O–H groups in total. The molecule has 0 unspecified atom stereocenters. The molecule has 1 aromatic carbocycles. The fourth-order valence-electron chi connectivity index (χ4n) is 4.48. The summed E-state index contributed by atoms with van der Waals surface area (Å²) >= 11 is 0. The Labute approximate surface area is 193 Å². The number of rotatable bonds is 6. The van der Waals surface area contributed by atoms with Gasteiger partial charge >= 0.3 is 0 Å². The van der Waals surface area contributed by atoms with E-state index < -0.39 is 21.5 Å². The number of amides is 2. The summed E-state index contributed by atoms with van der Waals surface area (Å²) in [4.78, 5) is 40.2. The molecule has 0 aliphatic carbocycles. The van der Waals surface area contributed by atoms with Gasteiger partial charge in [-0.15, -0.1) is 0 Å². The van der Waals surface area contributed by atoms with E-state index in [-0.39, 0.29) is 36.3 Å². The molecule has 2 amide bonds. The molecule has 0 bridgehead atoms. The molecular weight excluding hydrogens is 444 g/mol. The van der Waals surface area contributed by atoms with E-state index in [4.69, 9.17) is 0 Å². The lowest BCUT2D eigenvalue weighted by Gasteiger charge is -2.33. The van der Waals surface area contributed by atoms with Gasteiger partial charge in [0.05, 0.1) is 6.26 Å². The Balaban J connectivity index is 1.47. The molecule has 2 aliphatic heterocycles. The van der Waals surface area contributed by atoms with Crippen molar-refractivity contribution in [2.45, 2.75) is 38.9 Å². The number of fused-ring (bicyclic) bond motifs is 1. The molecule has 2 aliphatic rings. The van der Waals surface area contributed by atoms with Crippen molar-refractivity contribution in [1.82, 2.24) is 19.1 Å². The van der Waals surface area contributed by atoms with Crippen molar-refractivity contribution in [3.05, 3.63) is 69.1 Å². The Hall–Kier alpha value is -2.98. The van der Waals surface area contributed by atoms with Crippen LogP contribution in [-0.4, -0.2) is 65.9 Å². The van der Waals surface area contributed by atoms with E-state index in [0.29, 0.717) is 26.1 Å². The summed E-state index contributed by atoms with van der Waals surface area (Å²) in [6.07, 6.45) is 2.64. The number of hydrogen-bond donors (Lipinski definition) is 1. The zero-order valence-corrected chi connectivity index (χ0v) is 19.6. The van der Waals surface area contributed by atoms with Crippen molar-refractivity contribution in [2.75, 3.05) is 25.9 Å². The van der Waals surface area contributed by atoms with Crippen LogP contribution in [0.25, 0.3) is 0 Å². The number of sulfonamides is 1. The number of aromatic nitrogens is 1. The van der Waals surface area contributed by atoms with Crippen molar-refractivity contribution < 1.29 is 18.0 Å². The van der Waals surface area contributed by atoms with Gasteiger partial charge in [-0.2, -0.15) is 4.31 Å². The lowest BCUT2D eigenvalue weighted by Crippen LogP contribution is -2.50. The second kappa shape index (κ2) is 9.11. The molecule has 0 spiro atoms. The fraction of sp³-hybridized carbons (Fsp3) is 0.435. The maximum absolute atomic E-state index is 13.0. The highest BCUT2D eigenvalue weighted by Crippen LogP contribution is 2.23. The van der Waals surface area contributed by atoms with Crippen molar-refractivity contribution >= 4 is 21.8 Å². The summed E-state index contributed by atoms with van der Waals surface area (Å²) in [6, 6.07) is 10.4. The highest BCUT2D eigenvalue weighted by atomic mass is 32.2. The van der Waals surface area contributed by atoms with Gasteiger partial charge in [0, 0.05) is 38.8 Å². The minimum Gasteiger partial charge on any atom is -0.348 e. The number of nitrogens with zero attached hydrogens (tertiary/aromatic N) is 3. The van der Waals surface area contributed by atoms with Crippen LogP contribution in [0.1, 0.15) is 44.8 Å². The van der Waals surface area contributed by atoms with Crippen LogP contribution in [0, 0.1) is 6.92 Å². The van der Waals surface area contributed by atoms with Gasteiger partial charge in [0.1, 0.15) is 11.3 Å². The first-order valence-electron chi connectivity index (χ1n) is 11.0. The second-order valence-corrected chi connectivity index (χ2v) is 10.6. The predicted molar refractivity (Wildman–Crippen MR) is 124 cm³/mol. The van der Waals surface area contributed by atoms with E-state index in [9.17, 15) is 22.8 Å². The molecule has 1 saturated heterocycles. The van der Waals surface area contributed by atoms with Crippen LogP contribution in [0.3, 0.4) is 0 Å². The molecule has 1 fully saturated rings. The van der Waals surface area contributed by atoms with E-state index in [1.807, 2.05) is 31.2 Å². The molecule has 0 radical (unpaired) electrons. The Bertz CT molecular complexity index is 1240. The van der Waals surface area contributed by atoms with Crippen molar-refractivity contribution in [2.24, 2.45) is 0 Å². The van der Waals surface area contributed by atoms with Crippen molar-refractivity contribution in [3.63, 3.8) is 0 Å². The van der Waals surface area contributed by atoms with Crippen LogP contribution in [0.2, 0.25) is 0 Å². The third-order valence-electron chi connectivity index (χ3n) is 6.27. The van der Waals surface area contributed by atoms with E-state index in [0.717, 1.165) is 17.5 Å². The monoisotopic (exact) mass is 472 g/mol. The Morgan fingerprint density at radius 3 is 2.48 bits per heavy atom. The minimum atomic E-state index is -3.33. The molecular formula is C23H28N4O5S. The van der Waals surface area contributed by atoms with E-state index >= 15 is 0 Å². The Morgan fingerprint density at radius 1 is 1.06 bits per heavy atom. The zero-order valence-electron chi connectivity index (χ0n) is 18.8. The van der Waals surface area contributed by atoms with Gasteiger partial charge in [0.15, 0.2) is 0 Å². The van der Waals surface area contributed by atoms with E-state index in [1.54, 1.807) is 4.90 Å². The third kappa shape index (κ3) is 4.86. The first kappa shape index (κ1) is 23.2. The molecule has 33 heavy (non-hydrogen) atoms. The summed E-state index contributed by atoms with van der Waals surface area (Å²) in [5.41, 5.74) is 1.75. The van der Waals surface area contributed by atoms with Crippen LogP contribution in [0.5, 0.6) is 0 Å². The SMILES string of the molecule is Cc1ccc(CNC(=O)c2ccc3n(c2=O)CCN(C[C@@H]2CCCN2S(C)(=O)=O)C3=O)cc1. The summed E-state index contributed by atoms with van der Waals surface area (Å²) in [7, 11) is -3.33. The number of nitrogens with one attached hydrogen (secondary N) is 1. The molecule has 2 aromatic rings. The van der Waals surface area contributed by atoms with Crippen LogP contribution >= 0.6 is 0 Å². The Kier molecular flexibility index (Phi) is 6.40. The number of benzene rings is 1. The first-order chi connectivity index (χ1) is 15.6. The van der Waals surface area contributed by atoms with Crippen molar-refractivity contribution in [1.29, 1.82) is 0 Å². The number of carbonyl (C=O) groups is 2. The number of aryl methyl sites for hydroxylation is 1. The van der Waals surface area contributed by atoms with E-state index in [2.05, 4.69) is 5.32 Å². The van der Waals surface area contributed by atoms with Gasteiger partial charge in [0.25, 0.3) is 17.4 Å². The van der Waals surface area contributed by atoms with Gasteiger partial charge in [-0.1, -0.05) is 29.8 Å².